The molecule has 0 saturated heterocycles. The van der Waals surface area contributed by atoms with Crippen molar-refractivity contribution in [3.63, 3.8) is 0 Å². The van der Waals surface area contributed by atoms with E-state index < -0.39 is 0 Å². The zero-order chi connectivity index (χ0) is 22.8. The topological polar surface area (TPSA) is 79.4 Å². The van der Waals surface area contributed by atoms with Gasteiger partial charge in [-0.3, -0.25) is 0 Å². The molecule has 162 valence electrons. The molecule has 1 aromatic heterocycles. The first-order valence-electron chi connectivity index (χ1n) is 10.9. The molecular weight excluding hydrogens is 408 g/mol. The Labute approximate surface area is 192 Å². The first kappa shape index (κ1) is 20.9. The van der Waals surface area contributed by atoms with Gasteiger partial charge in [0.1, 0.15) is 5.82 Å². The smallest absolute Gasteiger partial charge is 0.131 e. The lowest BCUT2D eigenvalue weighted by molar-refractivity contribution is 0.260. The van der Waals surface area contributed by atoms with E-state index in [0.29, 0.717) is 16.9 Å². The van der Waals surface area contributed by atoms with E-state index >= 15 is 0 Å². The Morgan fingerprint density at radius 2 is 1.09 bits per heavy atom. The van der Waals surface area contributed by atoms with Crippen molar-refractivity contribution in [3.8, 4) is 33.5 Å². The van der Waals surface area contributed by atoms with Crippen LogP contribution in [0.3, 0.4) is 0 Å². The fraction of sp³-hybridized carbons (Fsp3) is 0.0690. The fourth-order valence-corrected chi connectivity index (χ4v) is 4.23. The van der Waals surface area contributed by atoms with E-state index in [9.17, 15) is 10.2 Å². The van der Waals surface area contributed by atoms with Gasteiger partial charge in [-0.1, -0.05) is 60.7 Å². The number of aliphatic hydroxyl groups is 2. The van der Waals surface area contributed by atoms with Crippen LogP contribution in [0.25, 0.3) is 44.3 Å². The lowest BCUT2D eigenvalue weighted by atomic mass is 9.94. The normalized spacial score (nSPS) is 11.1. The van der Waals surface area contributed by atoms with Crippen LogP contribution in [0.5, 0.6) is 0 Å². The van der Waals surface area contributed by atoms with E-state index in [-0.39, 0.29) is 13.2 Å². The summed E-state index contributed by atoms with van der Waals surface area (Å²) < 4.78 is 0. The summed E-state index contributed by atoms with van der Waals surface area (Å²) in [7, 11) is 0. The standard InChI is InChI=1S/C29H24N2O2/c30-29-27-15-26(18-33)25(17-32)14-23(27)16-28(31-29)24-12-21(19-7-3-1-4-8-19)11-22(13-24)20-9-5-2-6-10-20/h1-16,32-33H,17-18H2,(H2,30,31). The number of aliphatic hydroxyl groups excluding tert-OH is 2. The second-order valence-corrected chi connectivity index (χ2v) is 8.08. The molecule has 1 heterocycles. The maximum Gasteiger partial charge on any atom is 0.131 e. The Balaban J connectivity index is 1.72. The zero-order valence-corrected chi connectivity index (χ0v) is 18.1. The molecule has 4 N–H and O–H groups in total. The number of nitrogen functional groups attached to an aromatic ring is 1. The molecule has 0 fully saturated rings. The lowest BCUT2D eigenvalue weighted by Crippen LogP contribution is -1.99. The average Bonchev–Trinajstić information content (AvgIpc) is 2.88. The minimum atomic E-state index is -0.160. The summed E-state index contributed by atoms with van der Waals surface area (Å²) in [6, 6.07) is 32.7. The Morgan fingerprint density at radius 1 is 0.576 bits per heavy atom. The Hall–Kier alpha value is -3.99. The van der Waals surface area contributed by atoms with Gasteiger partial charge in [-0.15, -0.1) is 0 Å². The number of nitrogens with two attached hydrogens (primary N) is 1. The van der Waals surface area contributed by atoms with Crippen LogP contribution in [0.1, 0.15) is 11.1 Å². The third kappa shape index (κ3) is 4.10. The van der Waals surface area contributed by atoms with E-state index in [0.717, 1.165) is 44.3 Å². The summed E-state index contributed by atoms with van der Waals surface area (Å²) in [5, 5.41) is 21.0. The minimum Gasteiger partial charge on any atom is -0.392 e. The quantitative estimate of drug-likeness (QED) is 0.328. The molecule has 4 aromatic carbocycles. The number of hydrogen-bond acceptors (Lipinski definition) is 4. The molecule has 33 heavy (non-hydrogen) atoms. The first-order valence-corrected chi connectivity index (χ1v) is 10.9. The molecule has 0 aliphatic heterocycles. The third-order valence-corrected chi connectivity index (χ3v) is 5.96. The van der Waals surface area contributed by atoms with Crippen molar-refractivity contribution >= 4 is 16.6 Å². The van der Waals surface area contributed by atoms with Gasteiger partial charge in [-0.2, -0.15) is 0 Å². The molecule has 0 saturated carbocycles. The van der Waals surface area contributed by atoms with Gasteiger partial charge in [0, 0.05) is 10.9 Å². The molecular formula is C29H24N2O2. The molecule has 0 atom stereocenters. The molecule has 0 amide bonds. The number of hydrogen-bond donors (Lipinski definition) is 3. The summed E-state index contributed by atoms with van der Waals surface area (Å²) in [4.78, 5) is 4.71. The first-order chi connectivity index (χ1) is 16.2. The molecule has 4 heteroatoms. The average molecular weight is 433 g/mol. The summed E-state index contributed by atoms with van der Waals surface area (Å²) in [5.41, 5.74) is 13.9. The monoisotopic (exact) mass is 432 g/mol. The SMILES string of the molecule is Nc1nc(-c2cc(-c3ccccc3)cc(-c3ccccc3)c2)cc2cc(CO)c(CO)cc12. The number of benzene rings is 4. The van der Waals surface area contributed by atoms with E-state index in [1.165, 1.54) is 0 Å². The van der Waals surface area contributed by atoms with Gasteiger partial charge in [0.05, 0.1) is 18.9 Å². The van der Waals surface area contributed by atoms with Crippen LogP contribution in [-0.2, 0) is 13.2 Å². The van der Waals surface area contributed by atoms with Crippen molar-refractivity contribution in [2.75, 3.05) is 5.73 Å². The maximum absolute atomic E-state index is 9.73. The van der Waals surface area contributed by atoms with Crippen molar-refractivity contribution in [1.82, 2.24) is 4.98 Å². The molecule has 4 nitrogen and oxygen atoms in total. The number of aromatic nitrogens is 1. The Morgan fingerprint density at radius 3 is 1.64 bits per heavy atom. The van der Waals surface area contributed by atoms with Crippen LogP contribution in [0.15, 0.2) is 97.1 Å². The number of anilines is 1. The van der Waals surface area contributed by atoms with E-state index in [2.05, 4.69) is 42.5 Å². The van der Waals surface area contributed by atoms with Crippen molar-refractivity contribution < 1.29 is 10.2 Å². The highest BCUT2D eigenvalue weighted by atomic mass is 16.3. The Bertz CT molecular complexity index is 1370. The maximum atomic E-state index is 9.73. The summed E-state index contributed by atoms with van der Waals surface area (Å²) in [5.74, 6) is 0.396. The molecule has 0 unspecified atom stereocenters. The van der Waals surface area contributed by atoms with Gasteiger partial charge < -0.3 is 15.9 Å². The summed E-state index contributed by atoms with van der Waals surface area (Å²) in [6.45, 7) is -0.308. The van der Waals surface area contributed by atoms with Crippen molar-refractivity contribution in [2.24, 2.45) is 0 Å². The zero-order valence-electron chi connectivity index (χ0n) is 18.1. The van der Waals surface area contributed by atoms with Gasteiger partial charge in [0.2, 0.25) is 0 Å². The van der Waals surface area contributed by atoms with Gasteiger partial charge in [-0.05, 0) is 75.2 Å². The van der Waals surface area contributed by atoms with Gasteiger partial charge in [0.25, 0.3) is 0 Å². The molecule has 0 aliphatic carbocycles. The molecule has 0 bridgehead atoms. The van der Waals surface area contributed by atoms with Crippen molar-refractivity contribution in [1.29, 1.82) is 0 Å². The number of rotatable bonds is 5. The number of pyridine rings is 1. The fourth-order valence-electron chi connectivity index (χ4n) is 4.23. The predicted octanol–water partition coefficient (Wildman–Crippen LogP) is 5.80. The highest BCUT2D eigenvalue weighted by Crippen LogP contribution is 2.34. The number of nitrogens with zero attached hydrogens (tertiary/aromatic N) is 1. The third-order valence-electron chi connectivity index (χ3n) is 5.96. The highest BCUT2D eigenvalue weighted by molar-refractivity contribution is 5.95. The van der Waals surface area contributed by atoms with Crippen LogP contribution in [0.2, 0.25) is 0 Å². The van der Waals surface area contributed by atoms with E-state index in [1.807, 2.05) is 54.6 Å². The lowest BCUT2D eigenvalue weighted by Gasteiger charge is -2.13. The second-order valence-electron chi connectivity index (χ2n) is 8.08. The van der Waals surface area contributed by atoms with Gasteiger partial charge in [0.15, 0.2) is 0 Å². The van der Waals surface area contributed by atoms with Crippen LogP contribution in [0.4, 0.5) is 5.82 Å². The summed E-state index contributed by atoms with van der Waals surface area (Å²) >= 11 is 0. The highest BCUT2D eigenvalue weighted by Gasteiger charge is 2.12. The van der Waals surface area contributed by atoms with Crippen molar-refractivity contribution in [2.45, 2.75) is 13.2 Å². The molecule has 0 radical (unpaired) electrons. The van der Waals surface area contributed by atoms with Crippen LogP contribution < -0.4 is 5.73 Å². The summed E-state index contributed by atoms with van der Waals surface area (Å²) in [6.07, 6.45) is 0. The van der Waals surface area contributed by atoms with Crippen LogP contribution in [0, 0.1) is 0 Å². The van der Waals surface area contributed by atoms with E-state index in [4.69, 9.17) is 10.7 Å². The van der Waals surface area contributed by atoms with Gasteiger partial charge in [-0.25, -0.2) is 4.98 Å². The van der Waals surface area contributed by atoms with Gasteiger partial charge >= 0.3 is 0 Å². The minimum absolute atomic E-state index is 0.148. The van der Waals surface area contributed by atoms with Crippen LogP contribution >= 0.6 is 0 Å². The molecule has 5 aromatic rings. The van der Waals surface area contributed by atoms with Crippen LogP contribution in [-0.4, -0.2) is 15.2 Å². The predicted molar refractivity (Wildman–Crippen MR) is 134 cm³/mol. The molecule has 0 spiro atoms. The number of fused-ring (bicyclic) bond motifs is 1. The molecule has 0 aliphatic rings. The van der Waals surface area contributed by atoms with Crippen molar-refractivity contribution in [3.05, 3.63) is 108 Å². The Kier molecular flexibility index (Phi) is 5.61. The molecule has 5 rings (SSSR count). The second kappa shape index (κ2) is 8.87. The van der Waals surface area contributed by atoms with E-state index in [1.54, 1.807) is 0 Å². The largest absolute Gasteiger partial charge is 0.392 e.